The van der Waals surface area contributed by atoms with Crippen LogP contribution in [0.4, 0.5) is 0 Å². The number of hydrogen-bond donors (Lipinski definition) is 0. The second-order valence-corrected chi connectivity index (χ2v) is 4.89. The van der Waals surface area contributed by atoms with Crippen LogP contribution in [-0.4, -0.2) is 19.3 Å². The van der Waals surface area contributed by atoms with Gasteiger partial charge in [0.1, 0.15) is 11.7 Å². The van der Waals surface area contributed by atoms with E-state index < -0.39 is 0 Å². The lowest BCUT2D eigenvalue weighted by atomic mass is 10.1. The van der Waals surface area contributed by atoms with Gasteiger partial charge in [0.25, 0.3) is 5.56 Å². The first-order valence-corrected chi connectivity index (χ1v) is 6.65. The minimum Gasteiger partial charge on any atom is -0.294 e. The Labute approximate surface area is 116 Å². The van der Waals surface area contributed by atoms with Gasteiger partial charge in [-0.2, -0.15) is 5.10 Å². The van der Waals surface area contributed by atoms with Crippen molar-refractivity contribution in [2.75, 3.05) is 0 Å². The highest BCUT2D eigenvalue weighted by atomic mass is 16.1. The van der Waals surface area contributed by atoms with E-state index in [1.54, 1.807) is 21.8 Å². The Hall–Kier alpha value is -2.43. The third kappa shape index (κ3) is 2.22. The summed E-state index contributed by atoms with van der Waals surface area (Å²) < 4.78 is 3.35. The zero-order valence-electron chi connectivity index (χ0n) is 11.6. The quantitative estimate of drug-likeness (QED) is 0.729. The largest absolute Gasteiger partial charge is 0.294 e. The van der Waals surface area contributed by atoms with E-state index in [-0.39, 0.29) is 5.56 Å². The lowest BCUT2D eigenvalue weighted by Crippen LogP contribution is -2.20. The lowest BCUT2D eigenvalue weighted by molar-refractivity contribution is 0.665. The number of rotatable bonds is 3. The van der Waals surface area contributed by atoms with E-state index in [9.17, 15) is 4.79 Å². The third-order valence-electron chi connectivity index (χ3n) is 3.35. The van der Waals surface area contributed by atoms with E-state index in [0.717, 1.165) is 12.1 Å². The van der Waals surface area contributed by atoms with Crippen LogP contribution < -0.4 is 5.56 Å². The third-order valence-corrected chi connectivity index (χ3v) is 3.35. The van der Waals surface area contributed by atoms with Gasteiger partial charge in [0.05, 0.1) is 6.54 Å². The van der Waals surface area contributed by atoms with Gasteiger partial charge in [-0.15, -0.1) is 0 Å². The van der Waals surface area contributed by atoms with Crippen molar-refractivity contribution in [2.24, 2.45) is 0 Å². The molecule has 0 N–H and O–H groups in total. The standard InChI is InChI=1S/C15H16N4O/c1-3-19-9-13-14(17-19)16-10-18(15(13)20)8-12-6-4-11(2)5-7-12/h4-7,9-10H,3,8H2,1-2H3. The maximum Gasteiger partial charge on any atom is 0.264 e. The van der Waals surface area contributed by atoms with Crippen molar-refractivity contribution < 1.29 is 0 Å². The summed E-state index contributed by atoms with van der Waals surface area (Å²) >= 11 is 0. The summed E-state index contributed by atoms with van der Waals surface area (Å²) in [6, 6.07) is 8.14. The Kier molecular flexibility index (Phi) is 3.10. The molecule has 0 saturated carbocycles. The number of fused-ring (bicyclic) bond motifs is 1. The van der Waals surface area contributed by atoms with Crippen molar-refractivity contribution >= 4 is 11.0 Å². The average Bonchev–Trinajstić information content (AvgIpc) is 2.88. The molecule has 0 unspecified atom stereocenters. The molecule has 102 valence electrons. The van der Waals surface area contributed by atoms with Gasteiger partial charge in [-0.05, 0) is 19.4 Å². The molecule has 5 heteroatoms. The van der Waals surface area contributed by atoms with Gasteiger partial charge in [0, 0.05) is 12.7 Å². The van der Waals surface area contributed by atoms with Crippen LogP contribution in [0, 0.1) is 6.92 Å². The zero-order chi connectivity index (χ0) is 14.1. The van der Waals surface area contributed by atoms with Gasteiger partial charge in [0.2, 0.25) is 0 Å². The molecule has 0 radical (unpaired) electrons. The molecule has 20 heavy (non-hydrogen) atoms. The Morgan fingerprint density at radius 2 is 1.95 bits per heavy atom. The molecule has 0 aliphatic rings. The second-order valence-electron chi connectivity index (χ2n) is 4.89. The number of nitrogens with zero attached hydrogens (tertiary/aromatic N) is 4. The normalized spacial score (nSPS) is 11.1. The number of aromatic nitrogens is 4. The van der Waals surface area contributed by atoms with Gasteiger partial charge >= 0.3 is 0 Å². The van der Waals surface area contributed by atoms with Crippen molar-refractivity contribution in [3.8, 4) is 0 Å². The van der Waals surface area contributed by atoms with E-state index >= 15 is 0 Å². The highest BCUT2D eigenvalue weighted by Crippen LogP contribution is 2.07. The van der Waals surface area contributed by atoms with Crippen LogP contribution in [0.15, 0.2) is 41.6 Å². The van der Waals surface area contributed by atoms with Gasteiger partial charge < -0.3 is 0 Å². The summed E-state index contributed by atoms with van der Waals surface area (Å²) in [6.45, 7) is 5.28. The van der Waals surface area contributed by atoms with Crippen LogP contribution in [0.2, 0.25) is 0 Å². The van der Waals surface area contributed by atoms with Gasteiger partial charge in [-0.1, -0.05) is 29.8 Å². The molecule has 1 aromatic carbocycles. The Morgan fingerprint density at radius 3 is 2.65 bits per heavy atom. The SMILES string of the molecule is CCn1cc2c(=O)n(Cc3ccc(C)cc3)cnc2n1. The Morgan fingerprint density at radius 1 is 1.20 bits per heavy atom. The molecule has 2 aromatic heterocycles. The van der Waals surface area contributed by atoms with Crippen molar-refractivity contribution in [3.63, 3.8) is 0 Å². The smallest absolute Gasteiger partial charge is 0.264 e. The second kappa shape index (κ2) is 4.92. The highest BCUT2D eigenvalue weighted by Gasteiger charge is 2.08. The van der Waals surface area contributed by atoms with Crippen molar-refractivity contribution in [2.45, 2.75) is 26.9 Å². The van der Waals surface area contributed by atoms with Crippen LogP contribution in [0.5, 0.6) is 0 Å². The minimum atomic E-state index is -0.0460. The summed E-state index contributed by atoms with van der Waals surface area (Å²) in [5, 5.41) is 4.81. The molecular weight excluding hydrogens is 252 g/mol. The lowest BCUT2D eigenvalue weighted by Gasteiger charge is -2.05. The topological polar surface area (TPSA) is 52.7 Å². The molecule has 0 saturated heterocycles. The van der Waals surface area contributed by atoms with Crippen molar-refractivity contribution in [3.05, 3.63) is 58.3 Å². The van der Waals surface area contributed by atoms with Gasteiger partial charge in [-0.3, -0.25) is 14.0 Å². The molecule has 3 aromatic rings. The fourth-order valence-electron chi connectivity index (χ4n) is 2.15. The predicted molar refractivity (Wildman–Crippen MR) is 77.7 cm³/mol. The van der Waals surface area contributed by atoms with Crippen molar-refractivity contribution in [1.82, 2.24) is 19.3 Å². The molecule has 3 rings (SSSR count). The van der Waals surface area contributed by atoms with Crippen LogP contribution in [-0.2, 0) is 13.1 Å². The maximum absolute atomic E-state index is 12.4. The highest BCUT2D eigenvalue weighted by molar-refractivity contribution is 5.72. The molecule has 0 atom stereocenters. The van der Waals surface area contributed by atoms with Gasteiger partial charge in [-0.25, -0.2) is 4.98 Å². The van der Waals surface area contributed by atoms with Crippen molar-refractivity contribution in [1.29, 1.82) is 0 Å². The van der Waals surface area contributed by atoms with Crippen LogP contribution in [0.3, 0.4) is 0 Å². The number of hydrogen-bond acceptors (Lipinski definition) is 3. The molecule has 0 bridgehead atoms. The Balaban J connectivity index is 2.01. The van der Waals surface area contributed by atoms with Crippen LogP contribution in [0.25, 0.3) is 11.0 Å². The average molecular weight is 268 g/mol. The summed E-state index contributed by atoms with van der Waals surface area (Å²) in [5.41, 5.74) is 2.76. The zero-order valence-corrected chi connectivity index (χ0v) is 11.6. The summed E-state index contributed by atoms with van der Waals surface area (Å²) in [4.78, 5) is 16.7. The summed E-state index contributed by atoms with van der Waals surface area (Å²) in [7, 11) is 0. The van der Waals surface area contributed by atoms with Crippen LogP contribution in [0.1, 0.15) is 18.1 Å². The van der Waals surface area contributed by atoms with E-state index in [0.29, 0.717) is 17.6 Å². The first kappa shape index (κ1) is 12.6. The fraction of sp³-hybridized carbons (Fsp3) is 0.267. The first-order chi connectivity index (χ1) is 9.67. The molecule has 0 fully saturated rings. The molecule has 0 aliphatic carbocycles. The maximum atomic E-state index is 12.4. The molecule has 2 heterocycles. The summed E-state index contributed by atoms with van der Waals surface area (Å²) in [5.74, 6) is 0. The number of benzene rings is 1. The molecular formula is C15H16N4O. The van der Waals surface area contributed by atoms with E-state index in [1.165, 1.54) is 5.56 Å². The predicted octanol–water partition coefficient (Wildman–Crippen LogP) is 1.97. The van der Waals surface area contributed by atoms with E-state index in [2.05, 4.69) is 10.1 Å². The first-order valence-electron chi connectivity index (χ1n) is 6.65. The summed E-state index contributed by atoms with van der Waals surface area (Å²) in [6.07, 6.45) is 3.33. The van der Waals surface area contributed by atoms with E-state index in [4.69, 9.17) is 0 Å². The molecule has 5 nitrogen and oxygen atoms in total. The minimum absolute atomic E-state index is 0.0460. The Bertz CT molecular complexity index is 799. The van der Waals surface area contributed by atoms with E-state index in [1.807, 2.05) is 38.1 Å². The molecule has 0 spiro atoms. The molecule has 0 amide bonds. The molecule has 0 aliphatic heterocycles. The number of aryl methyl sites for hydroxylation is 2. The monoisotopic (exact) mass is 268 g/mol. The van der Waals surface area contributed by atoms with Gasteiger partial charge in [0.15, 0.2) is 5.65 Å². The van der Waals surface area contributed by atoms with Crippen LogP contribution >= 0.6 is 0 Å². The fourth-order valence-corrected chi connectivity index (χ4v) is 2.15.